The molecule has 2 N–H and O–H groups in total. The van der Waals surface area contributed by atoms with E-state index < -0.39 is 11.9 Å². The van der Waals surface area contributed by atoms with Crippen LogP contribution in [0.3, 0.4) is 0 Å². The van der Waals surface area contributed by atoms with E-state index in [0.29, 0.717) is 0 Å². The van der Waals surface area contributed by atoms with Gasteiger partial charge in [-0.05, 0) is 13.3 Å². The van der Waals surface area contributed by atoms with Crippen LogP contribution in [0.2, 0.25) is 0 Å². The zero-order valence-electron chi connectivity index (χ0n) is 6.42. The molecule has 4 nitrogen and oxygen atoms in total. The maximum absolute atomic E-state index is 10.4. The van der Waals surface area contributed by atoms with E-state index in [2.05, 4.69) is 0 Å². The molecule has 0 aromatic carbocycles. The second-order valence-electron chi connectivity index (χ2n) is 2.07. The summed E-state index contributed by atoms with van der Waals surface area (Å²) in [5.74, 6) is -2.34. The van der Waals surface area contributed by atoms with Crippen molar-refractivity contribution in [3.63, 3.8) is 0 Å². The molecule has 66 valence electrons. The van der Waals surface area contributed by atoms with Gasteiger partial charge in [0.1, 0.15) is 0 Å². The number of aliphatic carboxylic acids is 2. The number of hydrogen-bond donors (Lipinski definition) is 2. The van der Waals surface area contributed by atoms with Crippen molar-refractivity contribution in [2.75, 3.05) is 0 Å². The van der Waals surface area contributed by atoms with Crippen LogP contribution in [0.4, 0.5) is 0 Å². The van der Waals surface area contributed by atoms with E-state index in [4.69, 9.17) is 10.2 Å². The maximum atomic E-state index is 10.4. The molecular weight excluding hydrogens is 194 g/mol. The van der Waals surface area contributed by atoms with Crippen LogP contribution in [0.5, 0.6) is 0 Å². The van der Waals surface area contributed by atoms with Gasteiger partial charge in [-0.2, -0.15) is 0 Å². The Labute approximate surface area is 121 Å². The van der Waals surface area contributed by atoms with Crippen molar-refractivity contribution in [2.24, 2.45) is 0 Å². The molecular formula is C7H12Na2O4. The van der Waals surface area contributed by atoms with Crippen LogP contribution < -0.4 is 0 Å². The molecule has 6 heteroatoms. The van der Waals surface area contributed by atoms with Crippen molar-refractivity contribution < 1.29 is 19.8 Å². The Morgan fingerprint density at radius 2 is 1.46 bits per heavy atom. The first kappa shape index (κ1) is 19.3. The SMILES string of the molecule is CC/C(C(=O)O)=C(\C)C(=O)O.[NaH].[NaH]. The van der Waals surface area contributed by atoms with Gasteiger partial charge >= 0.3 is 71.1 Å². The summed E-state index contributed by atoms with van der Waals surface area (Å²) in [7, 11) is 0. The summed E-state index contributed by atoms with van der Waals surface area (Å²) in [5.41, 5.74) is -0.141. The molecule has 0 saturated carbocycles. The first-order chi connectivity index (χ1) is 5.00. The Morgan fingerprint density at radius 3 is 1.54 bits per heavy atom. The van der Waals surface area contributed by atoms with Crippen molar-refractivity contribution in [3.05, 3.63) is 11.1 Å². The molecule has 0 amide bonds. The molecule has 0 saturated heterocycles. The third-order valence-electron chi connectivity index (χ3n) is 1.39. The second kappa shape index (κ2) is 9.24. The van der Waals surface area contributed by atoms with Crippen LogP contribution in [-0.2, 0) is 9.59 Å². The van der Waals surface area contributed by atoms with Gasteiger partial charge in [-0.15, -0.1) is 0 Å². The van der Waals surface area contributed by atoms with E-state index >= 15 is 0 Å². The Hall–Kier alpha value is 0.680. The molecule has 0 aromatic heterocycles. The Morgan fingerprint density at radius 1 is 1.08 bits per heavy atom. The number of carbonyl (C=O) groups is 2. The predicted octanol–water partition coefficient (Wildman–Crippen LogP) is -0.415. The third-order valence-corrected chi connectivity index (χ3v) is 1.39. The Kier molecular flexibility index (Phi) is 13.7. The zero-order valence-corrected chi connectivity index (χ0v) is 6.42. The van der Waals surface area contributed by atoms with Gasteiger partial charge in [0.25, 0.3) is 0 Å². The minimum atomic E-state index is -1.18. The van der Waals surface area contributed by atoms with Gasteiger partial charge in [0.2, 0.25) is 0 Å². The molecule has 0 bridgehead atoms. The molecule has 0 spiro atoms. The second-order valence-corrected chi connectivity index (χ2v) is 2.07. The van der Waals surface area contributed by atoms with Gasteiger partial charge in [0, 0.05) is 11.1 Å². The summed E-state index contributed by atoms with van der Waals surface area (Å²) in [6, 6.07) is 0. The first-order valence-electron chi connectivity index (χ1n) is 3.17. The molecule has 0 fully saturated rings. The van der Waals surface area contributed by atoms with Crippen LogP contribution >= 0.6 is 0 Å². The van der Waals surface area contributed by atoms with Crippen molar-refractivity contribution in [1.29, 1.82) is 0 Å². The minimum absolute atomic E-state index is 0. The monoisotopic (exact) mass is 206 g/mol. The molecule has 0 aliphatic heterocycles. The molecule has 0 aliphatic carbocycles. The fraction of sp³-hybridized carbons (Fsp3) is 0.429. The summed E-state index contributed by atoms with van der Waals surface area (Å²) in [4.78, 5) is 20.6. The average Bonchev–Trinajstić information content (AvgIpc) is 1.88. The average molecular weight is 206 g/mol. The zero-order chi connectivity index (χ0) is 9.02. The molecule has 13 heavy (non-hydrogen) atoms. The van der Waals surface area contributed by atoms with E-state index in [1.54, 1.807) is 6.92 Å². The van der Waals surface area contributed by atoms with Crippen LogP contribution in [0, 0.1) is 0 Å². The molecule has 0 aliphatic rings. The van der Waals surface area contributed by atoms with Crippen LogP contribution in [0.15, 0.2) is 11.1 Å². The molecule has 0 rings (SSSR count). The topological polar surface area (TPSA) is 74.6 Å². The molecule has 0 heterocycles. The summed E-state index contributed by atoms with van der Waals surface area (Å²) < 4.78 is 0. The molecule has 0 radical (unpaired) electrons. The van der Waals surface area contributed by atoms with Crippen molar-refractivity contribution in [1.82, 2.24) is 0 Å². The van der Waals surface area contributed by atoms with E-state index in [-0.39, 0.29) is 76.7 Å². The van der Waals surface area contributed by atoms with Crippen molar-refractivity contribution in [3.8, 4) is 0 Å². The van der Waals surface area contributed by atoms with E-state index in [0.717, 1.165) is 0 Å². The Balaban J connectivity index is -0.000000500. The number of hydrogen-bond acceptors (Lipinski definition) is 2. The van der Waals surface area contributed by atoms with Gasteiger partial charge in [-0.25, -0.2) is 9.59 Å². The summed E-state index contributed by atoms with van der Waals surface area (Å²) in [5, 5.41) is 16.9. The fourth-order valence-electron chi connectivity index (χ4n) is 0.706. The van der Waals surface area contributed by atoms with Crippen LogP contribution in [0.25, 0.3) is 0 Å². The normalized spacial score (nSPS) is 10.3. The first-order valence-corrected chi connectivity index (χ1v) is 3.17. The fourth-order valence-corrected chi connectivity index (χ4v) is 0.706. The molecule has 0 unspecified atom stereocenters. The summed E-state index contributed by atoms with van der Waals surface area (Å²) in [6.07, 6.45) is 0.230. The predicted molar refractivity (Wildman–Crippen MR) is 52.6 cm³/mol. The Bertz CT molecular complexity index is 223. The van der Waals surface area contributed by atoms with Crippen molar-refractivity contribution in [2.45, 2.75) is 20.3 Å². The van der Waals surface area contributed by atoms with E-state index in [1.165, 1.54) is 6.92 Å². The standard InChI is InChI=1S/C7H10O4.2Na.2H/c1-3-5(7(10)11)4(2)6(8)9;;;;/h3H2,1-2H3,(H,8,9)(H,10,11);;;;/b5-4-;;;;. The number of rotatable bonds is 3. The van der Waals surface area contributed by atoms with Crippen molar-refractivity contribution >= 4 is 71.1 Å². The number of carboxylic acids is 2. The number of carboxylic acid groups (broad SMARTS) is 2. The molecule has 0 atom stereocenters. The molecule has 0 aromatic rings. The van der Waals surface area contributed by atoms with E-state index in [1.807, 2.05) is 0 Å². The summed E-state index contributed by atoms with van der Waals surface area (Å²) in [6.45, 7) is 2.89. The summed E-state index contributed by atoms with van der Waals surface area (Å²) >= 11 is 0. The van der Waals surface area contributed by atoms with Gasteiger partial charge in [-0.3, -0.25) is 0 Å². The van der Waals surface area contributed by atoms with Crippen LogP contribution in [0.1, 0.15) is 20.3 Å². The van der Waals surface area contributed by atoms with E-state index in [9.17, 15) is 9.59 Å². The van der Waals surface area contributed by atoms with Gasteiger partial charge in [0.15, 0.2) is 0 Å². The van der Waals surface area contributed by atoms with Crippen LogP contribution in [-0.4, -0.2) is 81.3 Å². The van der Waals surface area contributed by atoms with Gasteiger partial charge in [-0.1, -0.05) is 6.92 Å². The van der Waals surface area contributed by atoms with Gasteiger partial charge < -0.3 is 10.2 Å². The quantitative estimate of drug-likeness (QED) is 0.486. The van der Waals surface area contributed by atoms with Gasteiger partial charge in [0.05, 0.1) is 0 Å². The third kappa shape index (κ3) is 6.71.